The maximum Gasteiger partial charge on any atom is 0.251 e. The molecule has 0 radical (unpaired) electrons. The van der Waals surface area contributed by atoms with E-state index < -0.39 is 0 Å². The Kier molecular flexibility index (Phi) is 4.53. The highest BCUT2D eigenvalue weighted by atomic mass is 16.1. The largest absolute Gasteiger partial charge is 0.355 e. The van der Waals surface area contributed by atoms with Gasteiger partial charge < -0.3 is 10.6 Å². The first kappa shape index (κ1) is 13.6. The summed E-state index contributed by atoms with van der Waals surface area (Å²) in [7, 11) is 1.62. The molecule has 100 valence electrons. The van der Waals surface area contributed by atoms with E-state index in [0.29, 0.717) is 11.6 Å². The zero-order valence-corrected chi connectivity index (χ0v) is 11.1. The Balaban J connectivity index is 1.90. The average molecular weight is 257 g/mol. The number of benzene rings is 1. The highest BCUT2D eigenvalue weighted by Crippen LogP contribution is 2.25. The van der Waals surface area contributed by atoms with Crippen LogP contribution in [0.25, 0.3) is 0 Å². The minimum absolute atomic E-state index is 0.0696. The van der Waals surface area contributed by atoms with E-state index in [4.69, 9.17) is 5.26 Å². The van der Waals surface area contributed by atoms with Crippen LogP contribution in [0.15, 0.2) is 24.3 Å². The van der Waals surface area contributed by atoms with E-state index in [9.17, 15) is 4.79 Å². The first-order valence-electron chi connectivity index (χ1n) is 6.68. The van der Waals surface area contributed by atoms with Crippen molar-refractivity contribution in [3.63, 3.8) is 0 Å². The van der Waals surface area contributed by atoms with Crippen molar-refractivity contribution < 1.29 is 4.79 Å². The van der Waals surface area contributed by atoms with Crippen molar-refractivity contribution in [3.05, 3.63) is 35.4 Å². The Labute approximate surface area is 113 Å². The molecule has 0 aliphatic heterocycles. The summed E-state index contributed by atoms with van der Waals surface area (Å²) >= 11 is 0. The quantitative estimate of drug-likeness (QED) is 0.865. The van der Waals surface area contributed by atoms with E-state index >= 15 is 0 Å². The second-order valence-corrected chi connectivity index (χ2v) is 4.93. The van der Waals surface area contributed by atoms with E-state index in [0.717, 1.165) is 31.4 Å². The number of hydrogen-bond donors (Lipinski definition) is 2. The van der Waals surface area contributed by atoms with Crippen molar-refractivity contribution in [3.8, 4) is 6.07 Å². The van der Waals surface area contributed by atoms with Crippen LogP contribution >= 0.6 is 0 Å². The molecule has 4 nitrogen and oxygen atoms in total. The Morgan fingerprint density at radius 2 is 2.11 bits per heavy atom. The topological polar surface area (TPSA) is 64.9 Å². The van der Waals surface area contributed by atoms with Crippen LogP contribution in [0.5, 0.6) is 0 Å². The molecular formula is C15H19N3O. The van der Waals surface area contributed by atoms with Crippen LogP contribution < -0.4 is 10.6 Å². The molecule has 2 N–H and O–H groups in total. The lowest BCUT2D eigenvalue weighted by atomic mass is 10.1. The summed E-state index contributed by atoms with van der Waals surface area (Å²) in [6.45, 7) is 0.747. The van der Waals surface area contributed by atoms with Gasteiger partial charge in [0, 0.05) is 25.2 Å². The molecule has 1 saturated carbocycles. The summed E-state index contributed by atoms with van der Waals surface area (Å²) in [6.07, 6.45) is 3.21. The predicted molar refractivity (Wildman–Crippen MR) is 73.4 cm³/mol. The SMILES string of the molecule is CNC(=O)c1ccc(CNC2CCCC2C#N)cc1. The van der Waals surface area contributed by atoms with Gasteiger partial charge in [-0.3, -0.25) is 4.79 Å². The van der Waals surface area contributed by atoms with Crippen molar-refractivity contribution in [2.75, 3.05) is 7.05 Å². The van der Waals surface area contributed by atoms with Crippen LogP contribution in [0.4, 0.5) is 0 Å². The number of carbonyl (C=O) groups excluding carboxylic acids is 1. The maximum atomic E-state index is 11.4. The van der Waals surface area contributed by atoms with Crippen molar-refractivity contribution in [2.45, 2.75) is 31.8 Å². The van der Waals surface area contributed by atoms with E-state index in [1.165, 1.54) is 0 Å². The fourth-order valence-corrected chi connectivity index (χ4v) is 2.53. The number of nitrogens with zero attached hydrogens (tertiary/aromatic N) is 1. The Bertz CT molecular complexity index is 475. The summed E-state index contributed by atoms with van der Waals surface area (Å²) in [4.78, 5) is 11.4. The van der Waals surface area contributed by atoms with Crippen molar-refractivity contribution >= 4 is 5.91 Å². The molecule has 1 aliphatic carbocycles. The fourth-order valence-electron chi connectivity index (χ4n) is 2.53. The minimum Gasteiger partial charge on any atom is -0.355 e. The van der Waals surface area contributed by atoms with Crippen molar-refractivity contribution in [1.29, 1.82) is 5.26 Å². The average Bonchev–Trinajstić information content (AvgIpc) is 2.92. The molecule has 0 heterocycles. The van der Waals surface area contributed by atoms with E-state index in [1.54, 1.807) is 7.05 Å². The molecule has 2 rings (SSSR count). The smallest absolute Gasteiger partial charge is 0.251 e. The van der Waals surface area contributed by atoms with Crippen LogP contribution in [0.1, 0.15) is 35.2 Å². The van der Waals surface area contributed by atoms with Gasteiger partial charge in [0.1, 0.15) is 0 Å². The van der Waals surface area contributed by atoms with Gasteiger partial charge in [-0.15, -0.1) is 0 Å². The summed E-state index contributed by atoms with van der Waals surface area (Å²) in [6, 6.07) is 10.2. The molecule has 0 bridgehead atoms. The van der Waals surface area contributed by atoms with Crippen LogP contribution in [0, 0.1) is 17.2 Å². The van der Waals surface area contributed by atoms with Crippen LogP contribution in [-0.2, 0) is 6.54 Å². The van der Waals surface area contributed by atoms with Crippen LogP contribution in [-0.4, -0.2) is 19.0 Å². The highest BCUT2D eigenvalue weighted by Gasteiger charge is 2.26. The molecule has 4 heteroatoms. The highest BCUT2D eigenvalue weighted by molar-refractivity contribution is 5.93. The number of nitriles is 1. The number of hydrogen-bond acceptors (Lipinski definition) is 3. The van der Waals surface area contributed by atoms with E-state index in [1.807, 2.05) is 24.3 Å². The lowest BCUT2D eigenvalue weighted by Crippen LogP contribution is -2.31. The van der Waals surface area contributed by atoms with Crippen molar-refractivity contribution in [2.24, 2.45) is 5.92 Å². The van der Waals surface area contributed by atoms with Gasteiger partial charge in [0.25, 0.3) is 5.91 Å². The second kappa shape index (κ2) is 6.35. The lowest BCUT2D eigenvalue weighted by Gasteiger charge is -2.15. The fraction of sp³-hybridized carbons (Fsp3) is 0.467. The molecule has 19 heavy (non-hydrogen) atoms. The second-order valence-electron chi connectivity index (χ2n) is 4.93. The normalized spacial score (nSPS) is 21.9. The third kappa shape index (κ3) is 3.33. The van der Waals surface area contributed by atoms with Gasteiger partial charge in [0.15, 0.2) is 0 Å². The monoisotopic (exact) mass is 257 g/mol. The van der Waals surface area contributed by atoms with Crippen molar-refractivity contribution in [1.82, 2.24) is 10.6 Å². The minimum atomic E-state index is -0.0696. The predicted octanol–water partition coefficient (Wildman–Crippen LogP) is 1.83. The third-order valence-corrected chi connectivity index (χ3v) is 3.69. The number of nitrogens with one attached hydrogen (secondary N) is 2. The third-order valence-electron chi connectivity index (χ3n) is 3.69. The zero-order valence-electron chi connectivity index (χ0n) is 11.1. The van der Waals surface area contributed by atoms with Gasteiger partial charge >= 0.3 is 0 Å². The molecule has 1 aromatic rings. The van der Waals surface area contributed by atoms with Crippen LogP contribution in [0.3, 0.4) is 0 Å². The molecule has 2 atom stereocenters. The molecule has 0 saturated heterocycles. The first-order chi connectivity index (χ1) is 9.24. The van der Waals surface area contributed by atoms with E-state index in [2.05, 4.69) is 16.7 Å². The molecule has 1 aliphatic rings. The van der Waals surface area contributed by atoms with E-state index in [-0.39, 0.29) is 11.8 Å². The Hall–Kier alpha value is -1.86. The van der Waals surface area contributed by atoms with Gasteiger partial charge in [-0.1, -0.05) is 18.6 Å². The zero-order chi connectivity index (χ0) is 13.7. The van der Waals surface area contributed by atoms with Gasteiger partial charge in [0.05, 0.1) is 12.0 Å². The number of amides is 1. The van der Waals surface area contributed by atoms with Gasteiger partial charge in [-0.2, -0.15) is 5.26 Å². The number of carbonyl (C=O) groups is 1. The van der Waals surface area contributed by atoms with Gasteiger partial charge in [-0.05, 0) is 30.5 Å². The van der Waals surface area contributed by atoms with Gasteiger partial charge in [0.2, 0.25) is 0 Å². The summed E-state index contributed by atoms with van der Waals surface area (Å²) in [5.74, 6) is 0.0741. The summed E-state index contributed by atoms with van der Waals surface area (Å²) < 4.78 is 0. The standard InChI is InChI=1S/C15H19N3O/c1-17-15(19)12-7-5-11(6-8-12)10-18-14-4-2-3-13(14)9-16/h5-8,13-14,18H,2-4,10H2,1H3,(H,17,19). The molecule has 2 unspecified atom stereocenters. The summed E-state index contributed by atoms with van der Waals surface area (Å²) in [5.41, 5.74) is 1.80. The molecule has 1 aromatic carbocycles. The molecule has 0 aromatic heterocycles. The lowest BCUT2D eigenvalue weighted by molar-refractivity contribution is 0.0963. The Morgan fingerprint density at radius 1 is 1.37 bits per heavy atom. The van der Waals surface area contributed by atoms with Crippen LogP contribution in [0.2, 0.25) is 0 Å². The Morgan fingerprint density at radius 3 is 2.74 bits per heavy atom. The molecular weight excluding hydrogens is 238 g/mol. The maximum absolute atomic E-state index is 11.4. The molecule has 0 spiro atoms. The number of rotatable bonds is 4. The first-order valence-corrected chi connectivity index (χ1v) is 6.68. The van der Waals surface area contributed by atoms with Gasteiger partial charge in [-0.25, -0.2) is 0 Å². The molecule has 1 amide bonds. The summed E-state index contributed by atoms with van der Waals surface area (Å²) in [5, 5.41) is 15.1. The molecule has 1 fully saturated rings.